The summed E-state index contributed by atoms with van der Waals surface area (Å²) in [7, 11) is 1.60. The van der Waals surface area contributed by atoms with Crippen molar-refractivity contribution >= 4 is 0 Å². The zero-order valence-corrected chi connectivity index (χ0v) is 10.9. The number of aromatic amines is 1. The van der Waals surface area contributed by atoms with Crippen molar-refractivity contribution in [2.45, 2.75) is 13.3 Å². The van der Waals surface area contributed by atoms with E-state index in [1.165, 1.54) is 0 Å². The summed E-state index contributed by atoms with van der Waals surface area (Å²) < 4.78 is 5.15. The molecule has 0 spiro atoms. The van der Waals surface area contributed by atoms with Crippen molar-refractivity contribution in [1.29, 1.82) is 5.26 Å². The van der Waals surface area contributed by atoms with Gasteiger partial charge in [-0.15, -0.1) is 0 Å². The number of aryl methyl sites for hydroxylation is 1. The van der Waals surface area contributed by atoms with Crippen molar-refractivity contribution in [2.24, 2.45) is 0 Å². The number of nitrogens with one attached hydrogen (secondary N) is 1. The van der Waals surface area contributed by atoms with Crippen LogP contribution in [0.15, 0.2) is 35.1 Å². The Bertz CT molecular complexity index is 696. The highest BCUT2D eigenvalue weighted by Gasteiger charge is 2.07. The first-order chi connectivity index (χ1) is 9.13. The summed E-state index contributed by atoms with van der Waals surface area (Å²) in [5, 5.41) is 8.99. The van der Waals surface area contributed by atoms with E-state index in [0.29, 0.717) is 23.2 Å². The Morgan fingerprint density at radius 1 is 1.37 bits per heavy atom. The zero-order chi connectivity index (χ0) is 13.8. The number of rotatable bonds is 3. The van der Waals surface area contributed by atoms with Gasteiger partial charge < -0.3 is 9.72 Å². The van der Waals surface area contributed by atoms with Crippen LogP contribution >= 0.6 is 0 Å². The highest BCUT2D eigenvalue weighted by molar-refractivity contribution is 5.38. The predicted octanol–water partition coefficient (Wildman–Crippen LogP) is 2.15. The number of hydrogen-bond acceptors (Lipinski definition) is 3. The van der Waals surface area contributed by atoms with E-state index >= 15 is 0 Å². The number of hydrogen-bond donors (Lipinski definition) is 1. The van der Waals surface area contributed by atoms with E-state index in [-0.39, 0.29) is 5.56 Å². The lowest BCUT2D eigenvalue weighted by atomic mass is 10.0. The van der Waals surface area contributed by atoms with Crippen LogP contribution < -0.4 is 10.3 Å². The molecule has 0 amide bonds. The fourth-order valence-electron chi connectivity index (χ4n) is 1.92. The van der Waals surface area contributed by atoms with Crippen molar-refractivity contribution in [3.63, 3.8) is 0 Å². The Labute approximate surface area is 111 Å². The minimum Gasteiger partial charge on any atom is -0.497 e. The molecule has 0 atom stereocenters. The summed E-state index contributed by atoms with van der Waals surface area (Å²) in [6.45, 7) is 1.72. The first-order valence-corrected chi connectivity index (χ1v) is 5.90. The molecule has 0 aliphatic carbocycles. The summed E-state index contributed by atoms with van der Waals surface area (Å²) in [6, 6.07) is 11.3. The summed E-state index contributed by atoms with van der Waals surface area (Å²) in [4.78, 5) is 14.6. The Morgan fingerprint density at radius 2 is 2.16 bits per heavy atom. The molecule has 0 aliphatic heterocycles. The van der Waals surface area contributed by atoms with E-state index < -0.39 is 0 Å². The molecule has 0 radical (unpaired) electrons. The number of pyridine rings is 1. The van der Waals surface area contributed by atoms with Crippen LogP contribution in [0.4, 0.5) is 0 Å². The molecule has 4 nitrogen and oxygen atoms in total. The monoisotopic (exact) mass is 254 g/mol. The largest absolute Gasteiger partial charge is 0.497 e. The minimum absolute atomic E-state index is 0.153. The van der Waals surface area contributed by atoms with Gasteiger partial charge in [0, 0.05) is 17.7 Å². The molecule has 1 N–H and O–H groups in total. The second kappa shape index (κ2) is 5.40. The summed E-state index contributed by atoms with van der Waals surface area (Å²) in [6.07, 6.45) is 0.474. The second-order valence-corrected chi connectivity index (χ2v) is 4.30. The number of nitriles is 1. The molecular weight excluding hydrogens is 240 g/mol. The Hall–Kier alpha value is -2.54. The van der Waals surface area contributed by atoms with E-state index in [9.17, 15) is 4.79 Å². The van der Waals surface area contributed by atoms with Gasteiger partial charge in [-0.1, -0.05) is 12.1 Å². The van der Waals surface area contributed by atoms with Crippen molar-refractivity contribution in [3.05, 3.63) is 63.1 Å². The van der Waals surface area contributed by atoms with Crippen molar-refractivity contribution in [1.82, 2.24) is 4.98 Å². The maximum Gasteiger partial charge on any atom is 0.251 e. The molecule has 0 bridgehead atoms. The second-order valence-electron chi connectivity index (χ2n) is 4.30. The molecule has 19 heavy (non-hydrogen) atoms. The van der Waals surface area contributed by atoms with Gasteiger partial charge in [-0.05, 0) is 30.7 Å². The van der Waals surface area contributed by atoms with Gasteiger partial charge in [0.1, 0.15) is 11.8 Å². The van der Waals surface area contributed by atoms with Gasteiger partial charge in [0.2, 0.25) is 0 Å². The van der Waals surface area contributed by atoms with Gasteiger partial charge in [-0.3, -0.25) is 4.79 Å². The van der Waals surface area contributed by atoms with Crippen LogP contribution in [-0.2, 0) is 6.42 Å². The molecule has 96 valence electrons. The van der Waals surface area contributed by atoms with Gasteiger partial charge in [-0.25, -0.2) is 0 Å². The van der Waals surface area contributed by atoms with Crippen LogP contribution in [0, 0.1) is 18.3 Å². The third-order valence-electron chi connectivity index (χ3n) is 2.96. The van der Waals surface area contributed by atoms with E-state index in [1.54, 1.807) is 20.1 Å². The van der Waals surface area contributed by atoms with Gasteiger partial charge >= 0.3 is 0 Å². The number of ether oxygens (including phenoxy) is 1. The highest BCUT2D eigenvalue weighted by Crippen LogP contribution is 2.15. The molecule has 1 aromatic heterocycles. The number of benzene rings is 1. The van der Waals surface area contributed by atoms with E-state index in [4.69, 9.17) is 10.00 Å². The third kappa shape index (κ3) is 2.83. The highest BCUT2D eigenvalue weighted by atomic mass is 16.5. The number of aromatic nitrogens is 1. The van der Waals surface area contributed by atoms with E-state index in [0.717, 1.165) is 11.3 Å². The molecule has 0 unspecified atom stereocenters. The molecule has 0 aliphatic rings. The van der Waals surface area contributed by atoms with Crippen LogP contribution in [0.25, 0.3) is 0 Å². The number of H-pyrrole nitrogens is 1. The minimum atomic E-state index is -0.153. The molecule has 0 saturated carbocycles. The van der Waals surface area contributed by atoms with Gasteiger partial charge in [-0.2, -0.15) is 5.26 Å². The van der Waals surface area contributed by atoms with Gasteiger partial charge in [0.05, 0.1) is 12.7 Å². The maximum absolute atomic E-state index is 11.9. The fraction of sp³-hybridized carbons (Fsp3) is 0.200. The Kier molecular flexibility index (Phi) is 3.67. The van der Waals surface area contributed by atoms with Crippen LogP contribution in [0.3, 0.4) is 0 Å². The summed E-state index contributed by atoms with van der Waals surface area (Å²) in [5.74, 6) is 0.751. The van der Waals surface area contributed by atoms with Crippen LogP contribution in [0.5, 0.6) is 5.75 Å². The average molecular weight is 254 g/mol. The lowest BCUT2D eigenvalue weighted by molar-refractivity contribution is 0.414. The molecule has 4 heteroatoms. The first kappa shape index (κ1) is 12.9. The standard InChI is InChI=1S/C15H14N2O2/c1-10-13(9-16)8-12(15(18)17-10)6-11-4-3-5-14(7-11)19-2/h3-5,7-8H,6H2,1-2H3,(H,17,18). The van der Waals surface area contributed by atoms with E-state index in [2.05, 4.69) is 11.1 Å². The Morgan fingerprint density at radius 3 is 2.84 bits per heavy atom. The molecule has 1 aromatic carbocycles. The SMILES string of the molecule is COc1cccc(Cc2cc(C#N)c(C)[nH]c2=O)c1. The molecule has 0 fully saturated rings. The van der Waals surface area contributed by atoms with Crippen LogP contribution in [-0.4, -0.2) is 12.1 Å². The number of methoxy groups -OCH3 is 1. The average Bonchev–Trinajstić information content (AvgIpc) is 2.42. The van der Waals surface area contributed by atoms with Crippen molar-refractivity contribution in [3.8, 4) is 11.8 Å². The van der Waals surface area contributed by atoms with Crippen molar-refractivity contribution in [2.75, 3.05) is 7.11 Å². The van der Waals surface area contributed by atoms with E-state index in [1.807, 2.05) is 24.3 Å². The molecule has 2 aromatic rings. The normalized spacial score (nSPS) is 9.95. The zero-order valence-electron chi connectivity index (χ0n) is 10.9. The quantitative estimate of drug-likeness (QED) is 0.912. The van der Waals surface area contributed by atoms with Crippen molar-refractivity contribution < 1.29 is 4.74 Å². The molecule has 0 saturated heterocycles. The first-order valence-electron chi connectivity index (χ1n) is 5.90. The van der Waals surface area contributed by atoms with Gasteiger partial charge in [0.15, 0.2) is 0 Å². The predicted molar refractivity (Wildman–Crippen MR) is 72.3 cm³/mol. The smallest absolute Gasteiger partial charge is 0.251 e. The molecule has 2 rings (SSSR count). The van der Waals surface area contributed by atoms with Gasteiger partial charge in [0.25, 0.3) is 5.56 Å². The lowest BCUT2D eigenvalue weighted by Gasteiger charge is -2.05. The lowest BCUT2D eigenvalue weighted by Crippen LogP contribution is -2.15. The summed E-state index contributed by atoms with van der Waals surface area (Å²) in [5.41, 5.74) is 2.49. The molecular formula is C15H14N2O2. The number of nitrogens with zero attached hydrogens (tertiary/aromatic N) is 1. The van der Waals surface area contributed by atoms with Crippen LogP contribution in [0.1, 0.15) is 22.4 Å². The topological polar surface area (TPSA) is 65.9 Å². The third-order valence-corrected chi connectivity index (χ3v) is 2.96. The fourth-order valence-corrected chi connectivity index (χ4v) is 1.92. The maximum atomic E-state index is 11.9. The summed E-state index contributed by atoms with van der Waals surface area (Å²) >= 11 is 0. The van der Waals surface area contributed by atoms with Crippen LogP contribution in [0.2, 0.25) is 0 Å². The Balaban J connectivity index is 2.38. The molecule has 1 heterocycles.